The van der Waals surface area contributed by atoms with E-state index in [2.05, 4.69) is 41.8 Å². The summed E-state index contributed by atoms with van der Waals surface area (Å²) in [5.74, 6) is 0.532. The molecule has 36 heavy (non-hydrogen) atoms. The van der Waals surface area contributed by atoms with Crippen molar-refractivity contribution < 1.29 is 19.1 Å². The summed E-state index contributed by atoms with van der Waals surface area (Å²) in [6.45, 7) is 7.19. The number of allylic oxidation sites excluding steroid dienone is 1. The normalized spacial score (nSPS) is 26.2. The van der Waals surface area contributed by atoms with E-state index in [-0.39, 0.29) is 29.8 Å². The number of nitrogens with zero attached hydrogens (tertiary/aromatic N) is 1. The standard InChI is InChI=1S/C29H39N3O4/c1-3-36-27-14-22(29(34)32-24-9-10-25(32)18-35-17-24)8-11-26(27)28(33)31-16-19(2)15-30-23-12-20-6-4-5-7-21(20)13-23/h4-7,11,14,19,22-25,30H,3,8-10,12-13,15-18H2,1-2H3,(H,31,33)/t19-,22?,24?,25?/m0/s1. The van der Waals surface area contributed by atoms with Gasteiger partial charge in [0.2, 0.25) is 5.91 Å². The Hall–Kier alpha value is -2.64. The van der Waals surface area contributed by atoms with Crippen LogP contribution in [0, 0.1) is 11.8 Å². The van der Waals surface area contributed by atoms with Gasteiger partial charge in [0, 0.05) is 12.6 Å². The number of morpholine rings is 1. The second kappa shape index (κ2) is 11.2. The van der Waals surface area contributed by atoms with Crippen molar-refractivity contribution in [3.8, 4) is 0 Å². The summed E-state index contributed by atoms with van der Waals surface area (Å²) in [4.78, 5) is 28.4. The molecule has 1 aromatic carbocycles. The SMILES string of the molecule is CCOC1=CC(C(=O)N2C3CCC2COC3)CC=C1C(=O)NC[C@@H](C)CNC1Cc2ccccc2C1. The van der Waals surface area contributed by atoms with Crippen LogP contribution in [0.2, 0.25) is 0 Å². The molecule has 4 atom stereocenters. The summed E-state index contributed by atoms with van der Waals surface area (Å²) < 4.78 is 11.5. The molecule has 0 saturated carbocycles. The molecule has 2 heterocycles. The Balaban J connectivity index is 1.12. The van der Waals surface area contributed by atoms with E-state index in [9.17, 15) is 9.59 Å². The van der Waals surface area contributed by atoms with Crippen molar-refractivity contribution in [2.45, 2.75) is 64.1 Å². The average molecular weight is 494 g/mol. The van der Waals surface area contributed by atoms with Crippen LogP contribution in [0.1, 0.15) is 44.2 Å². The largest absolute Gasteiger partial charge is 0.493 e. The molecule has 7 nitrogen and oxygen atoms in total. The van der Waals surface area contributed by atoms with Crippen molar-refractivity contribution in [2.75, 3.05) is 32.9 Å². The first-order valence-corrected chi connectivity index (χ1v) is 13.6. The molecule has 2 N–H and O–H groups in total. The highest BCUT2D eigenvalue weighted by atomic mass is 16.5. The Morgan fingerprint density at radius 3 is 2.47 bits per heavy atom. The number of hydrogen-bond acceptors (Lipinski definition) is 5. The molecule has 0 aromatic heterocycles. The molecule has 0 spiro atoms. The van der Waals surface area contributed by atoms with Crippen LogP contribution < -0.4 is 10.6 Å². The van der Waals surface area contributed by atoms with E-state index in [0.29, 0.717) is 56.1 Å². The number of benzene rings is 1. The van der Waals surface area contributed by atoms with E-state index < -0.39 is 0 Å². The predicted molar refractivity (Wildman–Crippen MR) is 138 cm³/mol. The lowest BCUT2D eigenvalue weighted by Gasteiger charge is -2.37. The lowest BCUT2D eigenvalue weighted by Crippen LogP contribution is -2.51. The fourth-order valence-electron chi connectivity index (χ4n) is 6.03. The molecule has 2 saturated heterocycles. The summed E-state index contributed by atoms with van der Waals surface area (Å²) in [7, 11) is 0. The molecule has 0 radical (unpaired) electrons. The van der Waals surface area contributed by atoms with Crippen molar-refractivity contribution in [3.63, 3.8) is 0 Å². The molecular formula is C29H39N3O4. The third-order valence-electron chi connectivity index (χ3n) is 7.97. The maximum atomic E-state index is 13.3. The van der Waals surface area contributed by atoms with E-state index in [4.69, 9.17) is 9.47 Å². The Morgan fingerprint density at radius 2 is 1.81 bits per heavy atom. The lowest BCUT2D eigenvalue weighted by molar-refractivity contribution is -0.144. The highest BCUT2D eigenvalue weighted by Gasteiger charge is 2.42. The van der Waals surface area contributed by atoms with E-state index in [1.807, 2.05) is 24.0 Å². The number of carbonyl (C=O) groups is 2. The molecule has 194 valence electrons. The Bertz CT molecular complexity index is 994. The van der Waals surface area contributed by atoms with Crippen molar-refractivity contribution in [1.82, 2.24) is 15.5 Å². The molecule has 2 aliphatic carbocycles. The minimum absolute atomic E-state index is 0.132. The van der Waals surface area contributed by atoms with Gasteiger partial charge >= 0.3 is 0 Å². The van der Waals surface area contributed by atoms with Crippen LogP contribution in [0.3, 0.4) is 0 Å². The quantitative estimate of drug-likeness (QED) is 0.553. The van der Waals surface area contributed by atoms with Crippen LogP contribution in [0.15, 0.2) is 47.7 Å². The summed E-state index contributed by atoms with van der Waals surface area (Å²) >= 11 is 0. The molecule has 2 aliphatic heterocycles. The van der Waals surface area contributed by atoms with E-state index in [1.165, 1.54) is 11.1 Å². The van der Waals surface area contributed by atoms with Crippen LogP contribution in [0.5, 0.6) is 0 Å². The maximum Gasteiger partial charge on any atom is 0.254 e. The number of nitrogens with one attached hydrogen (secondary N) is 2. The predicted octanol–water partition coefficient (Wildman–Crippen LogP) is 2.75. The third kappa shape index (κ3) is 5.37. The lowest BCUT2D eigenvalue weighted by atomic mass is 9.92. The van der Waals surface area contributed by atoms with Crippen LogP contribution in [0.4, 0.5) is 0 Å². The summed E-state index contributed by atoms with van der Waals surface area (Å²) in [5, 5.41) is 6.75. The molecule has 2 fully saturated rings. The zero-order valence-corrected chi connectivity index (χ0v) is 21.5. The van der Waals surface area contributed by atoms with Gasteiger partial charge < -0.3 is 25.0 Å². The second-order valence-electron chi connectivity index (χ2n) is 10.7. The molecule has 5 rings (SSSR count). The smallest absolute Gasteiger partial charge is 0.254 e. The van der Waals surface area contributed by atoms with Gasteiger partial charge in [0.05, 0.1) is 43.4 Å². The van der Waals surface area contributed by atoms with Crippen LogP contribution in [-0.4, -0.2) is 67.7 Å². The van der Waals surface area contributed by atoms with Crippen molar-refractivity contribution in [3.05, 3.63) is 58.9 Å². The minimum atomic E-state index is -0.289. The third-order valence-corrected chi connectivity index (χ3v) is 7.97. The van der Waals surface area contributed by atoms with Gasteiger partial charge in [0.25, 0.3) is 5.91 Å². The average Bonchev–Trinajstić information content (AvgIpc) is 3.42. The van der Waals surface area contributed by atoms with Gasteiger partial charge in [-0.2, -0.15) is 0 Å². The fourth-order valence-corrected chi connectivity index (χ4v) is 6.03. The van der Waals surface area contributed by atoms with Gasteiger partial charge in [-0.25, -0.2) is 0 Å². The summed E-state index contributed by atoms with van der Waals surface area (Å²) in [5.41, 5.74) is 3.42. The first-order chi connectivity index (χ1) is 17.5. The van der Waals surface area contributed by atoms with Gasteiger partial charge in [0.15, 0.2) is 0 Å². The van der Waals surface area contributed by atoms with Crippen molar-refractivity contribution in [1.29, 1.82) is 0 Å². The van der Waals surface area contributed by atoms with E-state index in [1.54, 1.807) is 0 Å². The van der Waals surface area contributed by atoms with Crippen LogP contribution >= 0.6 is 0 Å². The first-order valence-electron chi connectivity index (χ1n) is 13.6. The Kier molecular flexibility index (Phi) is 7.77. The van der Waals surface area contributed by atoms with Crippen LogP contribution in [-0.2, 0) is 31.9 Å². The molecule has 2 amide bonds. The van der Waals surface area contributed by atoms with Gasteiger partial charge in [-0.1, -0.05) is 37.3 Å². The van der Waals surface area contributed by atoms with E-state index in [0.717, 1.165) is 32.2 Å². The van der Waals surface area contributed by atoms with E-state index >= 15 is 0 Å². The molecular weight excluding hydrogens is 454 g/mol. The van der Waals surface area contributed by atoms with Gasteiger partial charge in [-0.3, -0.25) is 9.59 Å². The fraction of sp³-hybridized carbons (Fsp3) is 0.586. The zero-order chi connectivity index (χ0) is 25.1. The highest BCUT2D eigenvalue weighted by Crippen LogP contribution is 2.33. The number of fused-ring (bicyclic) bond motifs is 3. The molecule has 7 heteroatoms. The second-order valence-corrected chi connectivity index (χ2v) is 10.7. The molecule has 1 aromatic rings. The Labute approximate surface area is 214 Å². The highest BCUT2D eigenvalue weighted by molar-refractivity contribution is 5.98. The number of carbonyl (C=O) groups excluding carboxylic acids is 2. The topological polar surface area (TPSA) is 79.9 Å². The van der Waals surface area contributed by atoms with Crippen molar-refractivity contribution in [2.24, 2.45) is 11.8 Å². The summed E-state index contributed by atoms with van der Waals surface area (Å²) in [6, 6.07) is 9.47. The number of rotatable bonds is 9. The van der Waals surface area contributed by atoms with Gasteiger partial charge in [-0.15, -0.1) is 0 Å². The van der Waals surface area contributed by atoms with Crippen LogP contribution in [0.25, 0.3) is 0 Å². The first kappa shape index (κ1) is 25.0. The maximum absolute atomic E-state index is 13.3. The van der Waals surface area contributed by atoms with Crippen molar-refractivity contribution >= 4 is 11.8 Å². The molecule has 3 unspecified atom stereocenters. The molecule has 4 aliphatic rings. The molecule has 2 bridgehead atoms. The Morgan fingerprint density at radius 1 is 1.11 bits per heavy atom. The number of hydrogen-bond donors (Lipinski definition) is 2. The number of amides is 2. The number of ether oxygens (including phenoxy) is 2. The summed E-state index contributed by atoms with van der Waals surface area (Å²) in [6.07, 6.45) is 8.41. The van der Waals surface area contributed by atoms with Gasteiger partial charge in [-0.05, 0) is 68.7 Å². The zero-order valence-electron chi connectivity index (χ0n) is 21.5. The monoisotopic (exact) mass is 493 g/mol. The minimum Gasteiger partial charge on any atom is -0.493 e. The van der Waals surface area contributed by atoms with Gasteiger partial charge in [0.1, 0.15) is 5.76 Å².